The number of aliphatic hydroxyl groups is 1. The number of aliphatic hydroxyl groups excluding tert-OH is 1. The van der Waals surface area contributed by atoms with Gasteiger partial charge >= 0.3 is 5.97 Å². The molecule has 0 heterocycles. The number of amides is 1. The van der Waals surface area contributed by atoms with Crippen molar-refractivity contribution in [3.8, 4) is 0 Å². The van der Waals surface area contributed by atoms with Crippen molar-refractivity contribution in [2.45, 2.75) is 13.0 Å². The number of carbonyl (C=O) groups excluding carboxylic acids is 1. The van der Waals surface area contributed by atoms with Gasteiger partial charge in [-0.15, -0.1) is 0 Å². The zero-order chi connectivity index (χ0) is 11.0. The number of hydrogen-bond acceptors (Lipinski definition) is 4. The van der Waals surface area contributed by atoms with Crippen LogP contribution in [0.15, 0.2) is 12.2 Å². The number of aliphatic carboxylic acids is 1. The van der Waals surface area contributed by atoms with Crippen LogP contribution in [0.4, 0.5) is 0 Å². The lowest BCUT2D eigenvalue weighted by atomic mass is 10.3. The number of carbonyl (C=O) groups is 2. The van der Waals surface area contributed by atoms with E-state index in [1.165, 1.54) is 0 Å². The maximum atomic E-state index is 9.82. The molecular formula is C7H14N2O4. The molecule has 0 radical (unpaired) electrons. The SMILES string of the molecule is C=C(C)C(N)=O.NC(CO)C(=O)O. The standard InChI is InChI=1S/C4H7NO.C3H7NO3/c1-3(2)4(5)6;4-2(1-5)3(6)7/h1H2,2H3,(H2,5,6);2,5H,1,4H2,(H,6,7). The van der Waals surface area contributed by atoms with Crippen LogP contribution in [0.5, 0.6) is 0 Å². The van der Waals surface area contributed by atoms with Crippen LogP contribution in [0.1, 0.15) is 6.92 Å². The minimum atomic E-state index is -1.18. The molecule has 0 aliphatic rings. The van der Waals surface area contributed by atoms with Crippen molar-refractivity contribution in [1.29, 1.82) is 0 Å². The van der Waals surface area contributed by atoms with Crippen LogP contribution in [-0.2, 0) is 9.59 Å². The Morgan fingerprint density at radius 3 is 1.85 bits per heavy atom. The van der Waals surface area contributed by atoms with Crippen molar-refractivity contribution in [3.63, 3.8) is 0 Å². The molecule has 6 heteroatoms. The highest BCUT2D eigenvalue weighted by Gasteiger charge is 2.06. The monoisotopic (exact) mass is 190 g/mol. The van der Waals surface area contributed by atoms with E-state index in [0.717, 1.165) is 0 Å². The Hall–Kier alpha value is -1.40. The third kappa shape index (κ3) is 10.6. The number of carboxylic acid groups (broad SMARTS) is 1. The lowest BCUT2D eigenvalue weighted by molar-refractivity contribution is -0.139. The summed E-state index contributed by atoms with van der Waals surface area (Å²) in [4.78, 5) is 19.5. The van der Waals surface area contributed by atoms with Gasteiger partial charge in [-0.05, 0) is 6.92 Å². The van der Waals surface area contributed by atoms with E-state index in [1.807, 2.05) is 0 Å². The molecule has 0 saturated heterocycles. The van der Waals surface area contributed by atoms with Gasteiger partial charge in [0.05, 0.1) is 6.61 Å². The van der Waals surface area contributed by atoms with Crippen LogP contribution in [0.3, 0.4) is 0 Å². The van der Waals surface area contributed by atoms with Crippen molar-refractivity contribution in [3.05, 3.63) is 12.2 Å². The topological polar surface area (TPSA) is 127 Å². The fraction of sp³-hybridized carbons (Fsp3) is 0.429. The van der Waals surface area contributed by atoms with Gasteiger partial charge in [-0.3, -0.25) is 9.59 Å². The first-order valence-electron chi connectivity index (χ1n) is 3.37. The maximum Gasteiger partial charge on any atom is 0.322 e. The largest absolute Gasteiger partial charge is 0.480 e. The first kappa shape index (κ1) is 14.1. The summed E-state index contributed by atoms with van der Waals surface area (Å²) < 4.78 is 0. The van der Waals surface area contributed by atoms with E-state index >= 15 is 0 Å². The second kappa shape index (κ2) is 7.26. The van der Waals surface area contributed by atoms with Crippen molar-refractivity contribution < 1.29 is 19.8 Å². The molecule has 6 nitrogen and oxygen atoms in total. The summed E-state index contributed by atoms with van der Waals surface area (Å²) in [6.45, 7) is 4.35. The fourth-order valence-electron chi connectivity index (χ4n) is 0.0781. The average Bonchev–Trinajstić information content (AvgIpc) is 2.03. The highest BCUT2D eigenvalue weighted by Crippen LogP contribution is 1.78. The quantitative estimate of drug-likeness (QED) is 0.400. The molecule has 1 atom stereocenters. The van der Waals surface area contributed by atoms with Gasteiger partial charge in [0, 0.05) is 5.57 Å². The summed E-state index contributed by atoms with van der Waals surface area (Å²) in [6, 6.07) is -1.13. The third-order valence-electron chi connectivity index (χ3n) is 0.935. The number of rotatable bonds is 3. The molecule has 0 aliphatic heterocycles. The van der Waals surface area contributed by atoms with Crippen LogP contribution in [0.25, 0.3) is 0 Å². The number of nitrogens with two attached hydrogens (primary N) is 2. The first-order valence-corrected chi connectivity index (χ1v) is 3.37. The van der Waals surface area contributed by atoms with E-state index in [4.69, 9.17) is 21.7 Å². The van der Waals surface area contributed by atoms with Gasteiger partial charge < -0.3 is 21.7 Å². The van der Waals surface area contributed by atoms with Crippen molar-refractivity contribution in [2.75, 3.05) is 6.61 Å². The molecule has 0 spiro atoms. The van der Waals surface area contributed by atoms with E-state index in [1.54, 1.807) is 6.92 Å². The summed E-state index contributed by atoms with van der Waals surface area (Å²) in [7, 11) is 0. The van der Waals surface area contributed by atoms with E-state index < -0.39 is 24.5 Å². The van der Waals surface area contributed by atoms with Crippen molar-refractivity contribution in [2.24, 2.45) is 11.5 Å². The van der Waals surface area contributed by atoms with Gasteiger partial charge in [-0.25, -0.2) is 0 Å². The second-order valence-electron chi connectivity index (χ2n) is 2.27. The average molecular weight is 190 g/mol. The van der Waals surface area contributed by atoms with E-state index in [2.05, 4.69) is 6.58 Å². The maximum absolute atomic E-state index is 9.82. The Labute approximate surface area is 75.8 Å². The predicted molar refractivity (Wildman–Crippen MR) is 46.7 cm³/mol. The summed E-state index contributed by atoms with van der Waals surface area (Å²) in [5.41, 5.74) is 9.86. The molecule has 0 rings (SSSR count). The lowest BCUT2D eigenvalue weighted by Gasteiger charge is -1.96. The Balaban J connectivity index is 0. The van der Waals surface area contributed by atoms with E-state index in [0.29, 0.717) is 5.57 Å². The summed E-state index contributed by atoms with van der Waals surface area (Å²) in [5.74, 6) is -1.61. The fourth-order valence-corrected chi connectivity index (χ4v) is 0.0781. The molecule has 0 bridgehead atoms. The zero-order valence-corrected chi connectivity index (χ0v) is 7.36. The minimum Gasteiger partial charge on any atom is -0.480 e. The predicted octanol–water partition coefficient (Wildman–Crippen LogP) is -1.56. The molecule has 0 aromatic rings. The molecule has 13 heavy (non-hydrogen) atoms. The Morgan fingerprint density at radius 2 is 1.85 bits per heavy atom. The highest BCUT2D eigenvalue weighted by molar-refractivity contribution is 5.90. The Morgan fingerprint density at radius 1 is 1.54 bits per heavy atom. The minimum absolute atomic E-state index is 0.398. The molecule has 0 aliphatic carbocycles. The van der Waals surface area contributed by atoms with E-state index in [-0.39, 0.29) is 0 Å². The zero-order valence-electron chi connectivity index (χ0n) is 7.36. The van der Waals surface area contributed by atoms with Gasteiger partial charge in [-0.2, -0.15) is 0 Å². The normalized spacial score (nSPS) is 10.7. The second-order valence-corrected chi connectivity index (χ2v) is 2.27. The highest BCUT2D eigenvalue weighted by atomic mass is 16.4. The summed E-state index contributed by atoms with van der Waals surface area (Å²) in [6.07, 6.45) is 0. The number of primary amides is 1. The van der Waals surface area contributed by atoms with Crippen molar-refractivity contribution >= 4 is 11.9 Å². The van der Waals surface area contributed by atoms with Crippen LogP contribution >= 0.6 is 0 Å². The van der Waals surface area contributed by atoms with Gasteiger partial charge in [0.15, 0.2) is 0 Å². The molecule has 0 aromatic carbocycles. The molecule has 1 amide bonds. The molecule has 0 saturated carbocycles. The number of carboxylic acids is 1. The Kier molecular flexibility index (Phi) is 7.90. The molecule has 1 unspecified atom stereocenters. The third-order valence-corrected chi connectivity index (χ3v) is 0.935. The summed E-state index contributed by atoms with van der Waals surface area (Å²) >= 11 is 0. The molecule has 0 aromatic heterocycles. The molecular weight excluding hydrogens is 176 g/mol. The molecule has 0 fully saturated rings. The molecule has 6 N–H and O–H groups in total. The van der Waals surface area contributed by atoms with Gasteiger partial charge in [0.2, 0.25) is 5.91 Å². The first-order chi connectivity index (χ1) is 5.82. The number of hydrogen-bond donors (Lipinski definition) is 4. The lowest BCUT2D eigenvalue weighted by Crippen LogP contribution is -2.33. The molecule has 76 valence electrons. The van der Waals surface area contributed by atoms with Crippen LogP contribution in [-0.4, -0.2) is 34.7 Å². The van der Waals surface area contributed by atoms with Crippen LogP contribution in [0.2, 0.25) is 0 Å². The van der Waals surface area contributed by atoms with Gasteiger partial charge in [0.25, 0.3) is 0 Å². The van der Waals surface area contributed by atoms with E-state index in [9.17, 15) is 9.59 Å². The van der Waals surface area contributed by atoms with Crippen molar-refractivity contribution in [1.82, 2.24) is 0 Å². The van der Waals surface area contributed by atoms with Crippen LogP contribution in [0, 0.1) is 0 Å². The smallest absolute Gasteiger partial charge is 0.322 e. The van der Waals surface area contributed by atoms with Crippen LogP contribution < -0.4 is 11.5 Å². The summed E-state index contributed by atoms with van der Waals surface area (Å²) in [5, 5.41) is 15.9. The van der Waals surface area contributed by atoms with Gasteiger partial charge in [-0.1, -0.05) is 6.58 Å². The Bertz CT molecular complexity index is 191. The van der Waals surface area contributed by atoms with Gasteiger partial charge in [0.1, 0.15) is 6.04 Å².